The van der Waals surface area contributed by atoms with Gasteiger partial charge in [0.2, 0.25) is 0 Å². The zero-order valence-electron chi connectivity index (χ0n) is 9.45. The zero-order chi connectivity index (χ0) is 11.8. The molecule has 0 aliphatic carbocycles. The van der Waals surface area contributed by atoms with Gasteiger partial charge in [-0.05, 0) is 36.6 Å². The molecule has 15 heavy (non-hydrogen) atoms. The van der Waals surface area contributed by atoms with Crippen molar-refractivity contribution in [1.29, 1.82) is 0 Å². The molecule has 0 saturated carbocycles. The lowest BCUT2D eigenvalue weighted by Crippen LogP contribution is -1.98. The molecule has 0 radical (unpaired) electrons. The Hall–Kier alpha value is -0.960. The number of carboxylic acid groups (broad SMARTS) is 1. The second kappa shape index (κ2) is 7.35. The average molecular weight is 226 g/mol. The van der Waals surface area contributed by atoms with E-state index in [1.54, 1.807) is 0 Å². The summed E-state index contributed by atoms with van der Waals surface area (Å²) >= 11 is 4.20. The highest BCUT2D eigenvalue weighted by Gasteiger charge is 2.02. The van der Waals surface area contributed by atoms with Crippen molar-refractivity contribution >= 4 is 18.6 Å². The van der Waals surface area contributed by atoms with Crippen LogP contribution in [0.15, 0.2) is 23.1 Å². The van der Waals surface area contributed by atoms with Crippen LogP contribution in [0, 0.1) is 6.92 Å². The lowest BCUT2D eigenvalue weighted by atomic mass is 10.0. The van der Waals surface area contributed by atoms with Gasteiger partial charge in [-0.25, -0.2) is 0 Å². The Kier molecular flexibility index (Phi) is 6.88. The van der Waals surface area contributed by atoms with Crippen LogP contribution in [0.2, 0.25) is 0 Å². The van der Waals surface area contributed by atoms with E-state index < -0.39 is 5.97 Å². The molecule has 0 fully saturated rings. The molecule has 2 nitrogen and oxygen atoms in total. The number of carbonyl (C=O) groups is 1. The van der Waals surface area contributed by atoms with Gasteiger partial charge < -0.3 is 5.11 Å². The maximum Gasteiger partial charge on any atom is 0.303 e. The lowest BCUT2D eigenvalue weighted by Gasteiger charge is -2.04. The van der Waals surface area contributed by atoms with Crippen molar-refractivity contribution < 1.29 is 9.90 Å². The standard InChI is InChI=1S/C10H12O2S.C2H6/c1-7-2-4-9(13)6-8(7)3-5-10(11)12;1-2/h2,4,6,13H,3,5H2,1H3,(H,11,12);1-2H3. The van der Waals surface area contributed by atoms with Crippen LogP contribution in [-0.4, -0.2) is 11.1 Å². The van der Waals surface area contributed by atoms with E-state index in [2.05, 4.69) is 12.6 Å². The number of carboxylic acids is 1. The fourth-order valence-electron chi connectivity index (χ4n) is 1.17. The van der Waals surface area contributed by atoms with E-state index in [-0.39, 0.29) is 6.42 Å². The molecule has 1 aromatic carbocycles. The van der Waals surface area contributed by atoms with Crippen molar-refractivity contribution in [3.63, 3.8) is 0 Å². The molecule has 0 atom stereocenters. The first kappa shape index (κ1) is 14.0. The van der Waals surface area contributed by atoms with Gasteiger partial charge in [0.15, 0.2) is 0 Å². The van der Waals surface area contributed by atoms with Crippen molar-refractivity contribution in [2.24, 2.45) is 0 Å². The third-order valence-electron chi connectivity index (χ3n) is 1.94. The molecule has 0 aliphatic heterocycles. The predicted molar refractivity (Wildman–Crippen MR) is 65.7 cm³/mol. The molecular weight excluding hydrogens is 208 g/mol. The van der Waals surface area contributed by atoms with E-state index in [0.717, 1.165) is 16.0 Å². The summed E-state index contributed by atoms with van der Waals surface area (Å²) in [6.45, 7) is 5.98. The van der Waals surface area contributed by atoms with Crippen LogP contribution in [-0.2, 0) is 11.2 Å². The molecule has 1 N–H and O–H groups in total. The van der Waals surface area contributed by atoms with Gasteiger partial charge in [-0.15, -0.1) is 12.6 Å². The smallest absolute Gasteiger partial charge is 0.303 e. The van der Waals surface area contributed by atoms with E-state index in [4.69, 9.17) is 5.11 Å². The Balaban J connectivity index is 0.000000921. The van der Waals surface area contributed by atoms with Crippen molar-refractivity contribution in [2.45, 2.75) is 38.5 Å². The molecule has 0 aromatic heterocycles. The highest BCUT2D eigenvalue weighted by molar-refractivity contribution is 7.80. The van der Waals surface area contributed by atoms with Gasteiger partial charge in [-0.2, -0.15) is 0 Å². The number of aryl methyl sites for hydroxylation is 2. The zero-order valence-corrected chi connectivity index (χ0v) is 10.3. The minimum absolute atomic E-state index is 0.179. The van der Waals surface area contributed by atoms with E-state index in [9.17, 15) is 4.79 Å². The summed E-state index contributed by atoms with van der Waals surface area (Å²) in [4.78, 5) is 11.2. The number of benzene rings is 1. The average Bonchev–Trinajstić information content (AvgIpc) is 2.22. The molecule has 0 amide bonds. The number of hydrogen-bond donors (Lipinski definition) is 2. The van der Waals surface area contributed by atoms with E-state index in [1.807, 2.05) is 39.0 Å². The molecule has 84 valence electrons. The van der Waals surface area contributed by atoms with Gasteiger partial charge in [0.05, 0.1) is 0 Å². The first-order valence-electron chi connectivity index (χ1n) is 5.10. The minimum atomic E-state index is -0.760. The summed E-state index contributed by atoms with van der Waals surface area (Å²) in [6, 6.07) is 5.78. The Morgan fingerprint density at radius 3 is 2.53 bits per heavy atom. The van der Waals surface area contributed by atoms with Gasteiger partial charge in [-0.3, -0.25) is 4.79 Å². The number of aliphatic carboxylic acids is 1. The first-order chi connectivity index (χ1) is 7.09. The van der Waals surface area contributed by atoms with Crippen LogP contribution in [0.1, 0.15) is 31.4 Å². The summed E-state index contributed by atoms with van der Waals surface area (Å²) in [7, 11) is 0. The van der Waals surface area contributed by atoms with E-state index in [1.165, 1.54) is 0 Å². The predicted octanol–water partition coefficient (Wildman–Crippen LogP) is 3.33. The third-order valence-corrected chi connectivity index (χ3v) is 2.22. The number of hydrogen-bond acceptors (Lipinski definition) is 2. The number of rotatable bonds is 3. The molecule has 1 aromatic rings. The molecule has 1 rings (SSSR count). The summed E-state index contributed by atoms with van der Waals surface area (Å²) < 4.78 is 0. The van der Waals surface area contributed by atoms with Gasteiger partial charge in [-0.1, -0.05) is 19.9 Å². The summed E-state index contributed by atoms with van der Waals surface area (Å²) in [5, 5.41) is 8.52. The summed E-state index contributed by atoms with van der Waals surface area (Å²) in [6.07, 6.45) is 0.758. The number of thiol groups is 1. The van der Waals surface area contributed by atoms with Gasteiger partial charge in [0.1, 0.15) is 0 Å². The maximum atomic E-state index is 10.3. The molecule has 0 unspecified atom stereocenters. The van der Waals surface area contributed by atoms with Crippen LogP contribution in [0.5, 0.6) is 0 Å². The SMILES string of the molecule is CC.Cc1ccc(S)cc1CCC(=O)O. The summed E-state index contributed by atoms with van der Waals surface area (Å²) in [5.74, 6) is -0.760. The highest BCUT2D eigenvalue weighted by Crippen LogP contribution is 2.15. The normalized spacial score (nSPS) is 9.07. The Bertz CT molecular complexity index is 321. The van der Waals surface area contributed by atoms with Gasteiger partial charge >= 0.3 is 5.97 Å². The quantitative estimate of drug-likeness (QED) is 0.776. The Morgan fingerprint density at radius 1 is 1.40 bits per heavy atom. The second-order valence-corrected chi connectivity index (χ2v) is 3.52. The second-order valence-electron chi connectivity index (χ2n) is 3.00. The molecule has 0 bridgehead atoms. The van der Waals surface area contributed by atoms with E-state index in [0.29, 0.717) is 6.42 Å². The summed E-state index contributed by atoms with van der Waals surface area (Å²) in [5.41, 5.74) is 2.19. The fraction of sp³-hybridized carbons (Fsp3) is 0.417. The van der Waals surface area contributed by atoms with Crippen LogP contribution in [0.4, 0.5) is 0 Å². The van der Waals surface area contributed by atoms with Gasteiger partial charge in [0.25, 0.3) is 0 Å². The molecule has 0 saturated heterocycles. The molecular formula is C12H18O2S. The monoisotopic (exact) mass is 226 g/mol. The maximum absolute atomic E-state index is 10.3. The van der Waals surface area contributed by atoms with Crippen LogP contribution in [0.3, 0.4) is 0 Å². The molecule has 0 aliphatic rings. The highest BCUT2D eigenvalue weighted by atomic mass is 32.1. The fourth-order valence-corrected chi connectivity index (χ4v) is 1.40. The van der Waals surface area contributed by atoms with E-state index >= 15 is 0 Å². The first-order valence-corrected chi connectivity index (χ1v) is 5.54. The van der Waals surface area contributed by atoms with Crippen molar-refractivity contribution in [3.8, 4) is 0 Å². The molecule has 0 heterocycles. The largest absolute Gasteiger partial charge is 0.481 e. The van der Waals surface area contributed by atoms with Crippen molar-refractivity contribution in [3.05, 3.63) is 29.3 Å². The minimum Gasteiger partial charge on any atom is -0.481 e. The Morgan fingerprint density at radius 2 is 2.00 bits per heavy atom. The van der Waals surface area contributed by atoms with Crippen LogP contribution < -0.4 is 0 Å². The van der Waals surface area contributed by atoms with Crippen molar-refractivity contribution in [2.75, 3.05) is 0 Å². The third kappa shape index (κ3) is 5.47. The molecule has 3 heteroatoms. The lowest BCUT2D eigenvalue weighted by molar-refractivity contribution is -0.136. The topological polar surface area (TPSA) is 37.3 Å². The van der Waals surface area contributed by atoms with Crippen LogP contribution in [0.25, 0.3) is 0 Å². The molecule has 0 spiro atoms. The van der Waals surface area contributed by atoms with Crippen LogP contribution >= 0.6 is 12.6 Å². The van der Waals surface area contributed by atoms with Gasteiger partial charge in [0, 0.05) is 11.3 Å². The van der Waals surface area contributed by atoms with Crippen molar-refractivity contribution in [1.82, 2.24) is 0 Å². The Labute approximate surface area is 96.7 Å².